The van der Waals surface area contributed by atoms with Gasteiger partial charge in [-0.3, -0.25) is 4.79 Å². The van der Waals surface area contributed by atoms with Crippen LogP contribution in [-0.4, -0.2) is 24.5 Å². The van der Waals surface area contributed by atoms with E-state index in [4.69, 9.17) is 4.42 Å². The van der Waals surface area contributed by atoms with Gasteiger partial charge in [0.1, 0.15) is 0 Å². The molecule has 1 saturated carbocycles. The molecule has 1 aromatic heterocycles. The van der Waals surface area contributed by atoms with Crippen molar-refractivity contribution in [3.63, 3.8) is 0 Å². The molecule has 3 N–H and O–H groups in total. The largest absolute Gasteiger partial charge is 0.459 e. The van der Waals surface area contributed by atoms with E-state index in [2.05, 4.69) is 27.9 Å². The Hall–Kier alpha value is -2.76. The van der Waals surface area contributed by atoms with Gasteiger partial charge in [0.2, 0.25) is 0 Å². The van der Waals surface area contributed by atoms with Gasteiger partial charge in [-0.25, -0.2) is 4.99 Å². The summed E-state index contributed by atoms with van der Waals surface area (Å²) in [5, 5.41) is 9.46. The van der Waals surface area contributed by atoms with Crippen molar-refractivity contribution in [2.45, 2.75) is 32.4 Å². The highest BCUT2D eigenvalue weighted by Crippen LogP contribution is 2.18. The standard InChI is InChI=1S/C18H22N4O2/c1-2-19-18(22-14-8-9-14)20-12-13-5-3-6-15(11-13)21-17(23)16-7-4-10-24-16/h3-7,10-11,14H,2,8-9,12H2,1H3,(H,21,23)(H2,19,20,22). The van der Waals surface area contributed by atoms with Crippen LogP contribution in [0.15, 0.2) is 52.1 Å². The molecule has 0 bridgehead atoms. The Morgan fingerprint density at radius 1 is 1.29 bits per heavy atom. The maximum absolute atomic E-state index is 12.0. The number of carbonyl (C=O) groups is 1. The van der Waals surface area contributed by atoms with Gasteiger partial charge in [-0.2, -0.15) is 0 Å². The van der Waals surface area contributed by atoms with Crippen LogP contribution in [0.2, 0.25) is 0 Å². The molecule has 1 fully saturated rings. The van der Waals surface area contributed by atoms with Crippen LogP contribution in [0.25, 0.3) is 0 Å². The molecule has 0 atom stereocenters. The van der Waals surface area contributed by atoms with Crippen molar-refractivity contribution in [1.29, 1.82) is 0 Å². The van der Waals surface area contributed by atoms with Gasteiger partial charge < -0.3 is 20.4 Å². The summed E-state index contributed by atoms with van der Waals surface area (Å²) in [5.74, 6) is 0.871. The van der Waals surface area contributed by atoms with Crippen molar-refractivity contribution in [2.24, 2.45) is 4.99 Å². The molecule has 1 aliphatic carbocycles. The first-order valence-corrected chi connectivity index (χ1v) is 8.23. The van der Waals surface area contributed by atoms with Crippen LogP contribution in [0.4, 0.5) is 5.69 Å². The lowest BCUT2D eigenvalue weighted by Gasteiger charge is -2.10. The van der Waals surface area contributed by atoms with Crippen LogP contribution in [0.5, 0.6) is 0 Å². The molecule has 1 heterocycles. The zero-order valence-electron chi connectivity index (χ0n) is 13.7. The summed E-state index contributed by atoms with van der Waals surface area (Å²) >= 11 is 0. The van der Waals surface area contributed by atoms with E-state index in [0.29, 0.717) is 18.3 Å². The maximum Gasteiger partial charge on any atom is 0.291 e. The highest BCUT2D eigenvalue weighted by Gasteiger charge is 2.22. The van der Waals surface area contributed by atoms with Crippen molar-refractivity contribution in [3.8, 4) is 0 Å². The minimum Gasteiger partial charge on any atom is -0.459 e. The van der Waals surface area contributed by atoms with E-state index in [1.807, 2.05) is 24.3 Å². The highest BCUT2D eigenvalue weighted by atomic mass is 16.3. The number of nitrogens with one attached hydrogen (secondary N) is 3. The molecule has 1 aliphatic rings. The predicted molar refractivity (Wildman–Crippen MR) is 94.1 cm³/mol. The SMILES string of the molecule is CCNC(=NCc1cccc(NC(=O)c2ccco2)c1)NC1CC1. The number of carbonyl (C=O) groups excluding carboxylic acids is 1. The van der Waals surface area contributed by atoms with Crippen LogP contribution in [0.3, 0.4) is 0 Å². The summed E-state index contributed by atoms with van der Waals surface area (Å²) in [5.41, 5.74) is 1.75. The molecule has 0 spiro atoms. The van der Waals surface area contributed by atoms with Crippen LogP contribution in [-0.2, 0) is 6.54 Å². The summed E-state index contributed by atoms with van der Waals surface area (Å²) in [6, 6.07) is 11.6. The Balaban J connectivity index is 1.62. The van der Waals surface area contributed by atoms with Gasteiger partial charge in [-0.1, -0.05) is 12.1 Å². The smallest absolute Gasteiger partial charge is 0.291 e. The topological polar surface area (TPSA) is 78.7 Å². The number of furan rings is 1. The third kappa shape index (κ3) is 4.62. The number of rotatable bonds is 6. The normalized spacial score (nSPS) is 14.3. The molecule has 2 aromatic rings. The van der Waals surface area contributed by atoms with E-state index < -0.39 is 0 Å². The van der Waals surface area contributed by atoms with Crippen molar-refractivity contribution >= 4 is 17.6 Å². The van der Waals surface area contributed by atoms with E-state index >= 15 is 0 Å². The fraction of sp³-hybridized carbons (Fsp3) is 0.333. The number of guanidine groups is 1. The monoisotopic (exact) mass is 326 g/mol. The van der Waals surface area contributed by atoms with E-state index in [9.17, 15) is 4.79 Å². The number of aliphatic imine (C=N–C) groups is 1. The number of nitrogens with zero attached hydrogens (tertiary/aromatic N) is 1. The Morgan fingerprint density at radius 3 is 2.88 bits per heavy atom. The number of benzene rings is 1. The molecule has 3 rings (SSSR count). The Labute approximate surface area is 141 Å². The minimum atomic E-state index is -0.260. The molecule has 0 aliphatic heterocycles. The molecule has 0 radical (unpaired) electrons. The second kappa shape index (κ2) is 7.68. The van der Waals surface area contributed by atoms with Crippen LogP contribution in [0.1, 0.15) is 35.9 Å². The van der Waals surface area contributed by atoms with E-state index in [0.717, 1.165) is 23.8 Å². The van der Waals surface area contributed by atoms with Crippen LogP contribution >= 0.6 is 0 Å². The van der Waals surface area contributed by atoms with Gasteiger partial charge in [-0.05, 0) is 49.6 Å². The van der Waals surface area contributed by atoms with Gasteiger partial charge >= 0.3 is 0 Å². The summed E-state index contributed by atoms with van der Waals surface area (Å²) < 4.78 is 5.10. The highest BCUT2D eigenvalue weighted by molar-refractivity contribution is 6.02. The van der Waals surface area contributed by atoms with Gasteiger partial charge in [0.15, 0.2) is 11.7 Å². The first-order valence-electron chi connectivity index (χ1n) is 8.23. The van der Waals surface area contributed by atoms with Crippen LogP contribution < -0.4 is 16.0 Å². The number of anilines is 1. The minimum absolute atomic E-state index is 0.260. The number of hydrogen-bond acceptors (Lipinski definition) is 3. The Bertz CT molecular complexity index is 706. The third-order valence-electron chi connectivity index (χ3n) is 3.61. The molecule has 6 heteroatoms. The van der Waals surface area contributed by atoms with E-state index in [1.165, 1.54) is 19.1 Å². The third-order valence-corrected chi connectivity index (χ3v) is 3.61. The average Bonchev–Trinajstić information content (AvgIpc) is 3.22. The maximum atomic E-state index is 12.0. The molecule has 0 unspecified atom stereocenters. The summed E-state index contributed by atoms with van der Waals surface area (Å²) in [7, 11) is 0. The lowest BCUT2D eigenvalue weighted by Crippen LogP contribution is -2.38. The Kier molecular flexibility index (Phi) is 5.15. The Morgan fingerprint density at radius 2 is 2.17 bits per heavy atom. The molecule has 126 valence electrons. The van der Waals surface area contributed by atoms with E-state index in [-0.39, 0.29) is 5.91 Å². The summed E-state index contributed by atoms with van der Waals surface area (Å²) in [6.45, 7) is 3.43. The van der Waals surface area contributed by atoms with Crippen molar-refractivity contribution in [2.75, 3.05) is 11.9 Å². The van der Waals surface area contributed by atoms with Crippen LogP contribution in [0, 0.1) is 0 Å². The summed E-state index contributed by atoms with van der Waals surface area (Å²) in [4.78, 5) is 16.6. The quantitative estimate of drug-likeness (QED) is 0.563. The first-order chi connectivity index (χ1) is 11.7. The molecule has 1 amide bonds. The molecular weight excluding hydrogens is 304 g/mol. The molecule has 1 aromatic carbocycles. The second-order valence-corrected chi connectivity index (χ2v) is 5.75. The van der Waals surface area contributed by atoms with Crippen molar-refractivity contribution < 1.29 is 9.21 Å². The molecule has 24 heavy (non-hydrogen) atoms. The van der Waals surface area contributed by atoms with Gasteiger partial charge in [0, 0.05) is 18.3 Å². The number of amides is 1. The molecule has 6 nitrogen and oxygen atoms in total. The van der Waals surface area contributed by atoms with Gasteiger partial charge in [0.05, 0.1) is 12.8 Å². The van der Waals surface area contributed by atoms with E-state index in [1.54, 1.807) is 12.1 Å². The predicted octanol–water partition coefficient (Wildman–Crippen LogP) is 2.75. The van der Waals surface area contributed by atoms with Crippen molar-refractivity contribution in [3.05, 3.63) is 54.0 Å². The number of hydrogen-bond donors (Lipinski definition) is 3. The second-order valence-electron chi connectivity index (χ2n) is 5.75. The zero-order valence-corrected chi connectivity index (χ0v) is 13.7. The fourth-order valence-electron chi connectivity index (χ4n) is 2.26. The lowest BCUT2D eigenvalue weighted by molar-refractivity contribution is 0.0996. The molecule has 0 saturated heterocycles. The molecular formula is C18H22N4O2. The zero-order chi connectivity index (χ0) is 16.8. The summed E-state index contributed by atoms with van der Waals surface area (Å²) in [6.07, 6.45) is 3.90. The lowest BCUT2D eigenvalue weighted by atomic mass is 10.2. The van der Waals surface area contributed by atoms with Gasteiger partial charge in [0.25, 0.3) is 5.91 Å². The van der Waals surface area contributed by atoms with Crippen molar-refractivity contribution in [1.82, 2.24) is 10.6 Å². The first kappa shape index (κ1) is 16.1. The fourth-order valence-corrected chi connectivity index (χ4v) is 2.26. The average molecular weight is 326 g/mol. The van der Waals surface area contributed by atoms with Gasteiger partial charge in [-0.15, -0.1) is 0 Å².